The molecule has 1 N–H and O–H groups in total. The van der Waals surface area contributed by atoms with Crippen LogP contribution in [0.25, 0.3) is 16.0 Å². The first-order valence-corrected chi connectivity index (χ1v) is 8.09. The molecule has 0 amide bonds. The third kappa shape index (κ3) is 2.99. The second-order valence-electron chi connectivity index (χ2n) is 5.11. The van der Waals surface area contributed by atoms with E-state index in [0.29, 0.717) is 0 Å². The van der Waals surface area contributed by atoms with E-state index < -0.39 is 5.97 Å². The molecule has 5 heteroatoms. The van der Waals surface area contributed by atoms with Crippen LogP contribution in [0.2, 0.25) is 0 Å². The summed E-state index contributed by atoms with van der Waals surface area (Å²) in [5, 5.41) is 10.8. The Kier molecular flexibility index (Phi) is 4.15. The Labute approximate surface area is 132 Å². The Morgan fingerprint density at radius 1 is 1.27 bits per heavy atom. The van der Waals surface area contributed by atoms with Crippen molar-refractivity contribution in [1.82, 2.24) is 4.40 Å². The largest absolute Gasteiger partial charge is 0.494 e. The highest BCUT2D eigenvalue weighted by Crippen LogP contribution is 2.28. The SMILES string of the molecule is CCCOc1ccc(-c2cc3scc(CC(=O)O)n3c2)cc1. The maximum Gasteiger partial charge on any atom is 0.309 e. The van der Waals surface area contributed by atoms with Gasteiger partial charge in [-0.1, -0.05) is 19.1 Å². The molecular weight excluding hydrogens is 298 g/mol. The third-order valence-electron chi connectivity index (χ3n) is 3.40. The molecule has 0 atom stereocenters. The number of ether oxygens (including phenoxy) is 1. The van der Waals surface area contributed by atoms with Gasteiger partial charge in [-0.05, 0) is 30.2 Å². The molecule has 4 nitrogen and oxygen atoms in total. The average molecular weight is 315 g/mol. The number of aromatic nitrogens is 1. The van der Waals surface area contributed by atoms with Crippen molar-refractivity contribution in [3.05, 3.63) is 47.6 Å². The Bertz CT molecular complexity index is 786. The number of carboxylic acid groups (broad SMARTS) is 1. The van der Waals surface area contributed by atoms with E-state index in [1.54, 1.807) is 11.3 Å². The quantitative estimate of drug-likeness (QED) is 0.745. The number of benzene rings is 1. The van der Waals surface area contributed by atoms with Crippen molar-refractivity contribution in [1.29, 1.82) is 0 Å². The van der Waals surface area contributed by atoms with Crippen LogP contribution in [0.5, 0.6) is 5.75 Å². The van der Waals surface area contributed by atoms with Crippen LogP contribution >= 0.6 is 11.3 Å². The van der Waals surface area contributed by atoms with E-state index in [-0.39, 0.29) is 6.42 Å². The number of rotatable bonds is 6. The predicted octanol–water partition coefficient (Wildman–Crippen LogP) is 4.08. The first kappa shape index (κ1) is 14.7. The lowest BCUT2D eigenvalue weighted by atomic mass is 10.1. The molecule has 1 aromatic carbocycles. The lowest BCUT2D eigenvalue weighted by Crippen LogP contribution is -2.01. The van der Waals surface area contributed by atoms with Gasteiger partial charge in [-0.15, -0.1) is 11.3 Å². The van der Waals surface area contributed by atoms with Gasteiger partial charge in [0, 0.05) is 22.8 Å². The van der Waals surface area contributed by atoms with Gasteiger partial charge in [0.15, 0.2) is 0 Å². The summed E-state index contributed by atoms with van der Waals surface area (Å²) in [5.74, 6) is 0.0607. The molecule has 0 saturated carbocycles. The molecule has 0 radical (unpaired) electrons. The van der Waals surface area contributed by atoms with E-state index in [1.807, 2.05) is 40.2 Å². The van der Waals surface area contributed by atoms with Gasteiger partial charge < -0.3 is 14.2 Å². The van der Waals surface area contributed by atoms with Gasteiger partial charge in [-0.3, -0.25) is 4.79 Å². The number of aliphatic carboxylic acids is 1. The molecule has 2 aromatic heterocycles. The van der Waals surface area contributed by atoms with Crippen molar-refractivity contribution >= 4 is 22.1 Å². The zero-order valence-electron chi connectivity index (χ0n) is 12.3. The van der Waals surface area contributed by atoms with Crippen molar-refractivity contribution < 1.29 is 14.6 Å². The zero-order chi connectivity index (χ0) is 15.5. The normalized spacial score (nSPS) is 11.0. The van der Waals surface area contributed by atoms with Gasteiger partial charge in [0.2, 0.25) is 0 Å². The highest BCUT2D eigenvalue weighted by molar-refractivity contribution is 7.15. The third-order valence-corrected chi connectivity index (χ3v) is 4.35. The minimum absolute atomic E-state index is 0.0396. The van der Waals surface area contributed by atoms with Crippen molar-refractivity contribution in [2.24, 2.45) is 0 Å². The van der Waals surface area contributed by atoms with Gasteiger partial charge in [0.05, 0.1) is 17.9 Å². The fraction of sp³-hybridized carbons (Fsp3) is 0.235. The van der Waals surface area contributed by atoms with Gasteiger partial charge >= 0.3 is 5.97 Å². The molecule has 3 rings (SSSR count). The molecule has 0 unspecified atom stereocenters. The van der Waals surface area contributed by atoms with Crippen LogP contribution in [0.4, 0.5) is 0 Å². The second-order valence-corrected chi connectivity index (χ2v) is 6.00. The van der Waals surface area contributed by atoms with Gasteiger partial charge in [0.25, 0.3) is 0 Å². The van der Waals surface area contributed by atoms with Crippen molar-refractivity contribution in [3.8, 4) is 16.9 Å². The minimum atomic E-state index is -0.813. The molecule has 114 valence electrons. The standard InChI is InChI=1S/C17H17NO3S/c1-2-7-21-15-5-3-12(4-6-15)13-8-16-18(10-13)14(11-22-16)9-17(19)20/h3-6,8,10-11H,2,7,9H2,1H3,(H,19,20). The maximum atomic E-state index is 10.9. The summed E-state index contributed by atoms with van der Waals surface area (Å²) in [6.07, 6.45) is 3.02. The average Bonchev–Trinajstić information content (AvgIpc) is 3.07. The fourth-order valence-corrected chi connectivity index (χ4v) is 3.28. The van der Waals surface area contributed by atoms with Crippen LogP contribution in [-0.4, -0.2) is 22.1 Å². The summed E-state index contributed by atoms with van der Waals surface area (Å²) >= 11 is 1.56. The van der Waals surface area contributed by atoms with Crippen LogP contribution in [0.3, 0.4) is 0 Å². The summed E-state index contributed by atoms with van der Waals surface area (Å²) in [6.45, 7) is 2.80. The number of carboxylic acids is 1. The molecule has 0 saturated heterocycles. The number of hydrogen-bond acceptors (Lipinski definition) is 3. The van der Waals surface area contributed by atoms with Gasteiger partial charge in [-0.25, -0.2) is 0 Å². The van der Waals surface area contributed by atoms with Crippen LogP contribution < -0.4 is 4.74 Å². The molecule has 2 heterocycles. The highest BCUT2D eigenvalue weighted by Gasteiger charge is 2.10. The molecule has 22 heavy (non-hydrogen) atoms. The van der Waals surface area contributed by atoms with E-state index in [2.05, 4.69) is 13.0 Å². The van der Waals surface area contributed by atoms with Crippen LogP contribution in [0, 0.1) is 0 Å². The molecule has 0 fully saturated rings. The summed E-state index contributed by atoms with van der Waals surface area (Å²) in [5.41, 5.74) is 2.99. The minimum Gasteiger partial charge on any atom is -0.494 e. The molecule has 0 aliphatic heterocycles. The maximum absolute atomic E-state index is 10.9. The van der Waals surface area contributed by atoms with Crippen molar-refractivity contribution in [2.45, 2.75) is 19.8 Å². The van der Waals surface area contributed by atoms with E-state index in [4.69, 9.17) is 9.84 Å². The number of fused-ring (bicyclic) bond motifs is 1. The number of nitrogens with zero attached hydrogens (tertiary/aromatic N) is 1. The Morgan fingerprint density at radius 2 is 2.05 bits per heavy atom. The number of carbonyl (C=O) groups is 1. The first-order chi connectivity index (χ1) is 10.7. The van der Waals surface area contributed by atoms with E-state index in [1.165, 1.54) is 0 Å². The molecular formula is C17H17NO3S. The topological polar surface area (TPSA) is 50.9 Å². The van der Waals surface area contributed by atoms with E-state index >= 15 is 0 Å². The predicted molar refractivity (Wildman–Crippen MR) is 87.8 cm³/mol. The second kappa shape index (κ2) is 6.23. The molecule has 0 bridgehead atoms. The van der Waals surface area contributed by atoms with Crippen molar-refractivity contribution in [2.75, 3.05) is 6.61 Å². The summed E-state index contributed by atoms with van der Waals surface area (Å²) < 4.78 is 7.54. The summed E-state index contributed by atoms with van der Waals surface area (Å²) in [6, 6.07) is 10.1. The summed E-state index contributed by atoms with van der Waals surface area (Å²) in [7, 11) is 0. The number of thiazole rings is 1. The van der Waals surface area contributed by atoms with E-state index in [9.17, 15) is 4.79 Å². The molecule has 0 aliphatic carbocycles. The van der Waals surface area contributed by atoms with Crippen LogP contribution in [0.1, 0.15) is 19.0 Å². The lowest BCUT2D eigenvalue weighted by Gasteiger charge is -2.05. The highest BCUT2D eigenvalue weighted by atomic mass is 32.1. The number of hydrogen-bond donors (Lipinski definition) is 1. The Balaban J connectivity index is 1.86. The monoisotopic (exact) mass is 315 g/mol. The summed E-state index contributed by atoms with van der Waals surface area (Å²) in [4.78, 5) is 11.9. The van der Waals surface area contributed by atoms with Crippen molar-refractivity contribution in [3.63, 3.8) is 0 Å². The Morgan fingerprint density at radius 3 is 2.73 bits per heavy atom. The molecule has 3 aromatic rings. The first-order valence-electron chi connectivity index (χ1n) is 7.21. The van der Waals surface area contributed by atoms with Crippen LogP contribution in [0.15, 0.2) is 41.9 Å². The van der Waals surface area contributed by atoms with Gasteiger partial charge in [0.1, 0.15) is 5.75 Å². The Hall–Kier alpha value is -2.27. The fourth-order valence-electron chi connectivity index (χ4n) is 2.35. The van der Waals surface area contributed by atoms with Crippen LogP contribution in [-0.2, 0) is 11.2 Å². The van der Waals surface area contributed by atoms with E-state index in [0.717, 1.165) is 40.4 Å². The smallest absolute Gasteiger partial charge is 0.309 e. The lowest BCUT2D eigenvalue weighted by molar-refractivity contribution is -0.136. The van der Waals surface area contributed by atoms with Gasteiger partial charge in [-0.2, -0.15) is 0 Å². The molecule has 0 aliphatic rings. The molecule has 0 spiro atoms. The zero-order valence-corrected chi connectivity index (χ0v) is 13.1.